The number of hydrogen-bond donors (Lipinski definition) is 0. The highest BCUT2D eigenvalue weighted by molar-refractivity contribution is 7.88. The van der Waals surface area contributed by atoms with Crippen LogP contribution >= 0.6 is 0 Å². The summed E-state index contributed by atoms with van der Waals surface area (Å²) in [6, 6.07) is 7.74. The summed E-state index contributed by atoms with van der Waals surface area (Å²) in [7, 11) is -3.12. The van der Waals surface area contributed by atoms with Crippen LogP contribution in [0.5, 0.6) is 0 Å². The number of aromatic nitrogens is 2. The molecule has 1 aliphatic heterocycles. The highest BCUT2D eigenvalue weighted by Crippen LogP contribution is 2.17. The van der Waals surface area contributed by atoms with E-state index in [1.165, 1.54) is 10.6 Å². The van der Waals surface area contributed by atoms with Crippen molar-refractivity contribution in [3.05, 3.63) is 30.5 Å². The van der Waals surface area contributed by atoms with E-state index in [-0.39, 0.29) is 0 Å². The third kappa shape index (κ3) is 3.14. The van der Waals surface area contributed by atoms with Gasteiger partial charge in [-0.05, 0) is 18.6 Å². The predicted molar refractivity (Wildman–Crippen MR) is 82.8 cm³/mol. The smallest absolute Gasteiger partial charge is 0.211 e. The minimum atomic E-state index is -3.12. The molecule has 0 bridgehead atoms. The van der Waals surface area contributed by atoms with Crippen LogP contribution in [0.2, 0.25) is 0 Å². The molecule has 2 heterocycles. The molecule has 0 spiro atoms. The molecule has 0 unspecified atom stereocenters. The number of para-hydroxylation sites is 2. The first-order chi connectivity index (χ1) is 10.0. The Bertz CT molecular complexity index is 747. The molecule has 0 aliphatic carbocycles. The second-order valence-corrected chi connectivity index (χ2v) is 7.20. The lowest BCUT2D eigenvalue weighted by Crippen LogP contribution is -2.34. The van der Waals surface area contributed by atoms with Gasteiger partial charge in [0.2, 0.25) is 10.0 Å². The van der Waals surface area contributed by atoms with Gasteiger partial charge >= 0.3 is 0 Å². The molecule has 7 heteroatoms. The summed E-state index contributed by atoms with van der Waals surface area (Å²) in [5.74, 6) is 0.809. The summed E-state index contributed by atoms with van der Waals surface area (Å²) in [6.45, 7) is 2.49. The minimum absolute atomic E-state index is 0.493. The Hall–Kier alpha value is -1.73. The Morgan fingerprint density at radius 1 is 1.05 bits per heavy atom. The van der Waals surface area contributed by atoms with E-state index in [2.05, 4.69) is 14.9 Å². The largest absolute Gasteiger partial charge is 0.354 e. The summed E-state index contributed by atoms with van der Waals surface area (Å²) in [5.41, 5.74) is 1.73. The average Bonchev–Trinajstić information content (AvgIpc) is 2.72. The predicted octanol–water partition coefficient (Wildman–Crippen LogP) is 1.10. The van der Waals surface area contributed by atoms with Crippen LogP contribution in [0.25, 0.3) is 11.0 Å². The molecule has 0 radical (unpaired) electrons. The Morgan fingerprint density at radius 3 is 2.57 bits per heavy atom. The summed E-state index contributed by atoms with van der Waals surface area (Å²) in [6.07, 6.45) is 3.82. The van der Waals surface area contributed by atoms with E-state index in [1.807, 2.05) is 24.3 Å². The summed E-state index contributed by atoms with van der Waals surface area (Å²) in [4.78, 5) is 11.1. The van der Waals surface area contributed by atoms with E-state index in [0.717, 1.165) is 29.8 Å². The van der Waals surface area contributed by atoms with Gasteiger partial charge in [0.15, 0.2) is 0 Å². The minimum Gasteiger partial charge on any atom is -0.354 e. The van der Waals surface area contributed by atoms with E-state index in [9.17, 15) is 8.42 Å². The number of nitrogens with zero attached hydrogens (tertiary/aromatic N) is 4. The van der Waals surface area contributed by atoms with Gasteiger partial charge in [0.05, 0.1) is 23.5 Å². The lowest BCUT2D eigenvalue weighted by molar-refractivity contribution is 0.437. The Balaban J connectivity index is 1.82. The first-order valence-electron chi connectivity index (χ1n) is 6.96. The maximum atomic E-state index is 11.6. The van der Waals surface area contributed by atoms with Crippen molar-refractivity contribution in [2.45, 2.75) is 6.42 Å². The Labute approximate surface area is 124 Å². The quantitative estimate of drug-likeness (QED) is 0.831. The van der Waals surface area contributed by atoms with Gasteiger partial charge in [-0.2, -0.15) is 0 Å². The van der Waals surface area contributed by atoms with Gasteiger partial charge in [-0.25, -0.2) is 17.7 Å². The highest BCUT2D eigenvalue weighted by atomic mass is 32.2. The molecule has 1 saturated heterocycles. The van der Waals surface area contributed by atoms with Crippen molar-refractivity contribution in [1.29, 1.82) is 0 Å². The number of fused-ring (bicyclic) bond motifs is 1. The zero-order valence-electron chi connectivity index (χ0n) is 11.9. The Kier molecular flexibility index (Phi) is 3.77. The maximum Gasteiger partial charge on any atom is 0.211 e. The molecular weight excluding hydrogens is 288 g/mol. The van der Waals surface area contributed by atoms with Gasteiger partial charge in [0.25, 0.3) is 0 Å². The molecule has 3 rings (SSSR count). The number of benzene rings is 1. The van der Waals surface area contributed by atoms with Crippen LogP contribution < -0.4 is 4.90 Å². The van der Waals surface area contributed by atoms with Crippen molar-refractivity contribution in [3.8, 4) is 0 Å². The van der Waals surface area contributed by atoms with Crippen molar-refractivity contribution in [2.75, 3.05) is 37.3 Å². The van der Waals surface area contributed by atoms with Crippen LogP contribution in [0.15, 0.2) is 30.5 Å². The molecule has 6 nitrogen and oxygen atoms in total. The van der Waals surface area contributed by atoms with Crippen molar-refractivity contribution in [1.82, 2.24) is 14.3 Å². The third-order valence-electron chi connectivity index (χ3n) is 3.68. The van der Waals surface area contributed by atoms with Crippen molar-refractivity contribution in [3.63, 3.8) is 0 Å². The second kappa shape index (κ2) is 5.57. The Morgan fingerprint density at radius 2 is 1.81 bits per heavy atom. The molecule has 112 valence electrons. The van der Waals surface area contributed by atoms with E-state index in [1.54, 1.807) is 6.20 Å². The van der Waals surface area contributed by atoms with E-state index in [4.69, 9.17) is 0 Å². The van der Waals surface area contributed by atoms with E-state index in [0.29, 0.717) is 19.6 Å². The lowest BCUT2D eigenvalue weighted by Gasteiger charge is -2.21. The summed E-state index contributed by atoms with van der Waals surface area (Å²) < 4.78 is 24.8. The van der Waals surface area contributed by atoms with Gasteiger partial charge in [0.1, 0.15) is 5.82 Å². The normalized spacial score (nSPS) is 17.9. The van der Waals surface area contributed by atoms with Gasteiger partial charge in [-0.1, -0.05) is 12.1 Å². The van der Waals surface area contributed by atoms with Gasteiger partial charge < -0.3 is 4.90 Å². The zero-order valence-corrected chi connectivity index (χ0v) is 12.8. The zero-order chi connectivity index (χ0) is 14.9. The molecule has 1 aromatic heterocycles. The average molecular weight is 306 g/mol. The van der Waals surface area contributed by atoms with Gasteiger partial charge in [0, 0.05) is 26.2 Å². The van der Waals surface area contributed by atoms with Gasteiger partial charge in [-0.3, -0.25) is 4.98 Å². The molecule has 1 aromatic carbocycles. The topological polar surface area (TPSA) is 66.4 Å². The fourth-order valence-corrected chi connectivity index (χ4v) is 3.43. The first kappa shape index (κ1) is 14.2. The van der Waals surface area contributed by atoms with E-state index < -0.39 is 10.0 Å². The van der Waals surface area contributed by atoms with Crippen LogP contribution in [-0.4, -0.2) is 55.1 Å². The third-order valence-corrected chi connectivity index (χ3v) is 4.99. The molecule has 1 fully saturated rings. The lowest BCUT2D eigenvalue weighted by atomic mass is 10.3. The summed E-state index contributed by atoms with van der Waals surface area (Å²) in [5, 5.41) is 0. The van der Waals surface area contributed by atoms with Crippen LogP contribution in [0.3, 0.4) is 0 Å². The molecule has 0 atom stereocenters. The molecule has 0 N–H and O–H groups in total. The molecule has 1 aliphatic rings. The summed E-state index contributed by atoms with van der Waals surface area (Å²) >= 11 is 0. The highest BCUT2D eigenvalue weighted by Gasteiger charge is 2.22. The number of rotatable bonds is 2. The van der Waals surface area contributed by atoms with Crippen LogP contribution in [0.1, 0.15) is 6.42 Å². The number of sulfonamides is 1. The standard InChI is InChI=1S/C14H18N4O2S/c1-21(19,20)18-8-4-7-17(9-10-18)14-11-15-12-5-2-3-6-13(12)16-14/h2-3,5-6,11H,4,7-10H2,1H3. The van der Waals surface area contributed by atoms with Crippen LogP contribution in [-0.2, 0) is 10.0 Å². The van der Waals surface area contributed by atoms with E-state index >= 15 is 0 Å². The number of anilines is 1. The maximum absolute atomic E-state index is 11.6. The molecular formula is C14H18N4O2S. The van der Waals surface area contributed by atoms with Crippen molar-refractivity contribution in [2.24, 2.45) is 0 Å². The molecule has 2 aromatic rings. The van der Waals surface area contributed by atoms with Crippen molar-refractivity contribution >= 4 is 26.9 Å². The number of hydrogen-bond acceptors (Lipinski definition) is 5. The van der Waals surface area contributed by atoms with Crippen LogP contribution in [0, 0.1) is 0 Å². The first-order valence-corrected chi connectivity index (χ1v) is 8.81. The van der Waals surface area contributed by atoms with Crippen molar-refractivity contribution < 1.29 is 8.42 Å². The monoisotopic (exact) mass is 306 g/mol. The fraction of sp³-hybridized carbons (Fsp3) is 0.429. The molecule has 0 amide bonds. The van der Waals surface area contributed by atoms with Gasteiger partial charge in [-0.15, -0.1) is 0 Å². The SMILES string of the molecule is CS(=O)(=O)N1CCCN(c2cnc3ccccc3n2)CC1. The second-order valence-electron chi connectivity index (χ2n) is 5.22. The molecule has 0 saturated carbocycles. The fourth-order valence-electron chi connectivity index (χ4n) is 2.55. The van der Waals surface area contributed by atoms with Crippen LogP contribution in [0.4, 0.5) is 5.82 Å². The molecule has 21 heavy (non-hydrogen) atoms.